The number of nitrogens with one attached hydrogen (secondary N) is 1. The number of amides is 1. The fourth-order valence-electron chi connectivity index (χ4n) is 3.17. The lowest BCUT2D eigenvalue weighted by molar-refractivity contribution is -0.113. The summed E-state index contributed by atoms with van der Waals surface area (Å²) in [7, 11) is 0. The Kier molecular flexibility index (Phi) is 5.68. The Hall–Kier alpha value is -3.71. The summed E-state index contributed by atoms with van der Waals surface area (Å²) in [5.74, 6) is 0.352. The van der Waals surface area contributed by atoms with E-state index in [9.17, 15) is 14.4 Å². The molecule has 0 aliphatic heterocycles. The zero-order chi connectivity index (χ0) is 22.0. The van der Waals surface area contributed by atoms with Crippen molar-refractivity contribution < 1.29 is 9.18 Å². The first-order valence-corrected chi connectivity index (χ1v) is 10.4. The highest BCUT2D eigenvalue weighted by Gasteiger charge is 2.20. The third-order valence-electron chi connectivity index (χ3n) is 4.88. The number of nitrogens with zero attached hydrogens (tertiary/aromatic N) is 6. The first-order chi connectivity index (χ1) is 15.0. The summed E-state index contributed by atoms with van der Waals surface area (Å²) in [6.07, 6.45) is 3.35. The van der Waals surface area contributed by atoms with Crippen LogP contribution in [0.4, 0.5) is 10.2 Å². The van der Waals surface area contributed by atoms with Gasteiger partial charge in [-0.1, -0.05) is 23.9 Å². The number of hydrogen-bond donors (Lipinski definition) is 1. The zero-order valence-corrected chi connectivity index (χ0v) is 17.6. The van der Waals surface area contributed by atoms with Gasteiger partial charge in [0.1, 0.15) is 17.7 Å². The molecule has 3 heterocycles. The van der Waals surface area contributed by atoms with Crippen molar-refractivity contribution in [2.45, 2.75) is 25.5 Å². The molecule has 1 amide bonds. The SMILES string of the molecule is Cc1c(C#N)c(NC(=O)CSc2nc3ncccn3n2)n(Cc2ccc(F)cc2)c1C. The molecule has 0 saturated carbocycles. The molecule has 10 heteroatoms. The topological polar surface area (TPSA) is 101 Å². The molecular weight excluding hydrogens is 417 g/mol. The van der Waals surface area contributed by atoms with Gasteiger partial charge in [0.05, 0.1) is 11.3 Å². The Morgan fingerprint density at radius 2 is 2.06 bits per heavy atom. The lowest BCUT2D eigenvalue weighted by atomic mass is 10.2. The number of carbonyl (C=O) groups excluding carboxylic acids is 1. The van der Waals surface area contributed by atoms with Crippen molar-refractivity contribution in [2.24, 2.45) is 0 Å². The predicted octanol–water partition coefficient (Wildman–Crippen LogP) is 3.33. The van der Waals surface area contributed by atoms with E-state index in [1.54, 1.807) is 30.6 Å². The van der Waals surface area contributed by atoms with E-state index in [0.29, 0.717) is 28.9 Å². The maximum Gasteiger partial charge on any atom is 0.253 e. The summed E-state index contributed by atoms with van der Waals surface area (Å²) in [4.78, 5) is 21.0. The van der Waals surface area contributed by atoms with E-state index in [1.807, 2.05) is 18.4 Å². The number of halogens is 1. The third-order valence-corrected chi connectivity index (χ3v) is 5.72. The van der Waals surface area contributed by atoms with E-state index in [1.165, 1.54) is 28.4 Å². The molecule has 156 valence electrons. The molecule has 0 bridgehead atoms. The van der Waals surface area contributed by atoms with E-state index < -0.39 is 0 Å². The van der Waals surface area contributed by atoms with Crippen LogP contribution in [-0.2, 0) is 11.3 Å². The van der Waals surface area contributed by atoms with Gasteiger partial charge in [0, 0.05) is 24.6 Å². The summed E-state index contributed by atoms with van der Waals surface area (Å²) < 4.78 is 16.6. The first-order valence-electron chi connectivity index (χ1n) is 9.40. The molecule has 0 saturated heterocycles. The van der Waals surface area contributed by atoms with E-state index in [-0.39, 0.29) is 17.5 Å². The zero-order valence-electron chi connectivity index (χ0n) is 16.8. The fraction of sp³-hybridized carbons (Fsp3) is 0.190. The Bertz CT molecular complexity index is 1270. The number of carbonyl (C=O) groups is 1. The van der Waals surface area contributed by atoms with Crippen molar-refractivity contribution in [3.05, 3.63) is 70.9 Å². The van der Waals surface area contributed by atoms with Crippen molar-refractivity contribution in [1.29, 1.82) is 5.26 Å². The molecule has 1 N–H and O–H groups in total. The maximum absolute atomic E-state index is 13.2. The molecule has 0 fully saturated rings. The average molecular weight is 435 g/mol. The van der Waals surface area contributed by atoms with Crippen LogP contribution < -0.4 is 5.32 Å². The molecule has 0 aliphatic carbocycles. The second kappa shape index (κ2) is 8.57. The summed E-state index contributed by atoms with van der Waals surface area (Å²) in [5, 5.41) is 17.2. The molecule has 8 nitrogen and oxygen atoms in total. The highest BCUT2D eigenvalue weighted by molar-refractivity contribution is 7.99. The molecule has 0 atom stereocenters. The molecule has 0 aliphatic rings. The van der Waals surface area contributed by atoms with Gasteiger partial charge < -0.3 is 9.88 Å². The van der Waals surface area contributed by atoms with Crippen LogP contribution in [0.2, 0.25) is 0 Å². The molecule has 31 heavy (non-hydrogen) atoms. The quantitative estimate of drug-likeness (QED) is 0.466. The van der Waals surface area contributed by atoms with Crippen LogP contribution in [0.5, 0.6) is 0 Å². The number of benzene rings is 1. The Morgan fingerprint density at radius 3 is 2.77 bits per heavy atom. The molecule has 1 aromatic carbocycles. The maximum atomic E-state index is 13.2. The molecule has 0 unspecified atom stereocenters. The van der Waals surface area contributed by atoms with Crippen LogP contribution in [0.25, 0.3) is 5.78 Å². The summed E-state index contributed by atoms with van der Waals surface area (Å²) in [6, 6.07) is 10.1. The van der Waals surface area contributed by atoms with Gasteiger partial charge >= 0.3 is 0 Å². The van der Waals surface area contributed by atoms with Gasteiger partial charge in [-0.05, 0) is 43.2 Å². The monoisotopic (exact) mass is 435 g/mol. The minimum atomic E-state index is -0.317. The number of rotatable bonds is 6. The summed E-state index contributed by atoms with van der Waals surface area (Å²) in [5.41, 5.74) is 2.92. The van der Waals surface area contributed by atoms with Crippen LogP contribution in [-0.4, -0.2) is 35.8 Å². The fourth-order valence-corrected chi connectivity index (χ4v) is 3.80. The molecule has 4 aromatic rings. The van der Waals surface area contributed by atoms with E-state index >= 15 is 0 Å². The van der Waals surface area contributed by atoms with Gasteiger partial charge in [0.2, 0.25) is 11.1 Å². The summed E-state index contributed by atoms with van der Waals surface area (Å²) >= 11 is 1.18. The normalized spacial score (nSPS) is 10.9. The third kappa shape index (κ3) is 4.27. The number of hydrogen-bond acceptors (Lipinski definition) is 6. The van der Waals surface area contributed by atoms with Gasteiger partial charge in [-0.2, -0.15) is 10.2 Å². The van der Waals surface area contributed by atoms with E-state index in [0.717, 1.165) is 16.8 Å². The molecule has 0 radical (unpaired) electrons. The van der Waals surface area contributed by atoms with Crippen molar-refractivity contribution in [3.63, 3.8) is 0 Å². The standard InChI is InChI=1S/C21H18FN7OS/c1-13-14(2)28(11-15-4-6-16(22)7-5-15)19(17(13)10-23)25-18(30)12-31-21-26-20-24-8-3-9-29(20)27-21/h3-9H,11-12H2,1-2H3,(H,25,30). The van der Waals surface area contributed by atoms with Crippen LogP contribution in [0.15, 0.2) is 47.9 Å². The van der Waals surface area contributed by atoms with Crippen molar-refractivity contribution in [3.8, 4) is 6.07 Å². The minimum Gasteiger partial charge on any atom is -0.326 e. The van der Waals surface area contributed by atoms with Crippen LogP contribution in [0.1, 0.15) is 22.4 Å². The molecule has 0 spiro atoms. The number of nitriles is 1. The number of fused-ring (bicyclic) bond motifs is 1. The molecular formula is C21H18FN7OS. The summed E-state index contributed by atoms with van der Waals surface area (Å²) in [6.45, 7) is 4.13. The second-order valence-electron chi connectivity index (χ2n) is 6.85. The number of anilines is 1. The smallest absolute Gasteiger partial charge is 0.253 e. The van der Waals surface area contributed by atoms with Gasteiger partial charge in [-0.15, -0.1) is 5.10 Å². The van der Waals surface area contributed by atoms with Gasteiger partial charge in [-0.25, -0.2) is 13.9 Å². The minimum absolute atomic E-state index is 0.0710. The highest BCUT2D eigenvalue weighted by Crippen LogP contribution is 2.28. The van der Waals surface area contributed by atoms with Gasteiger partial charge in [0.15, 0.2) is 0 Å². The largest absolute Gasteiger partial charge is 0.326 e. The van der Waals surface area contributed by atoms with E-state index in [2.05, 4.69) is 26.5 Å². The van der Waals surface area contributed by atoms with Crippen molar-refractivity contribution >= 4 is 29.3 Å². The lowest BCUT2D eigenvalue weighted by Crippen LogP contribution is -2.18. The van der Waals surface area contributed by atoms with Crippen molar-refractivity contribution in [2.75, 3.05) is 11.1 Å². The van der Waals surface area contributed by atoms with Gasteiger partial charge in [-0.3, -0.25) is 4.79 Å². The Labute approximate surface area is 181 Å². The van der Waals surface area contributed by atoms with Crippen molar-refractivity contribution in [1.82, 2.24) is 24.1 Å². The highest BCUT2D eigenvalue weighted by atomic mass is 32.2. The van der Waals surface area contributed by atoms with Crippen LogP contribution in [0.3, 0.4) is 0 Å². The lowest BCUT2D eigenvalue weighted by Gasteiger charge is -2.13. The van der Waals surface area contributed by atoms with Crippen LogP contribution >= 0.6 is 11.8 Å². The molecule has 4 rings (SSSR count). The molecule has 3 aromatic heterocycles. The predicted molar refractivity (Wildman–Crippen MR) is 114 cm³/mol. The van der Waals surface area contributed by atoms with Gasteiger partial charge in [0.25, 0.3) is 5.78 Å². The van der Waals surface area contributed by atoms with E-state index in [4.69, 9.17) is 0 Å². The Balaban J connectivity index is 1.53. The van der Waals surface area contributed by atoms with Crippen LogP contribution in [0, 0.1) is 31.0 Å². The average Bonchev–Trinajstić information content (AvgIpc) is 3.28. The number of aromatic nitrogens is 5. The number of thioether (sulfide) groups is 1. The first kappa shape index (κ1) is 20.6. The second-order valence-corrected chi connectivity index (χ2v) is 7.80. The Morgan fingerprint density at radius 1 is 1.29 bits per heavy atom.